The normalized spacial score (nSPS) is 11.2. The Morgan fingerprint density at radius 2 is 1.88 bits per heavy atom. The third kappa shape index (κ3) is 7.77. The molecule has 0 atom stereocenters. The summed E-state index contributed by atoms with van der Waals surface area (Å²) in [6.07, 6.45) is 2.13. The molecule has 0 heterocycles. The highest BCUT2D eigenvalue weighted by atomic mass is 32.1. The standard InChI is InChI=1S/C12H24N2OS/c1-11(2)12(15)13-7-5-8-14(3,4)9-6-10-16/h1,5-10H2,2-4H3,(H-,13,15,16)/p+1. The summed E-state index contributed by atoms with van der Waals surface area (Å²) in [5.74, 6) is 0.898. The molecular weight excluding hydrogens is 220 g/mol. The molecule has 0 fully saturated rings. The number of nitrogens with zero attached hydrogens (tertiary/aromatic N) is 1. The molecule has 0 rings (SSSR count). The zero-order valence-electron chi connectivity index (χ0n) is 10.8. The van der Waals surface area contributed by atoms with E-state index in [1.807, 2.05) is 0 Å². The van der Waals surface area contributed by atoms with Gasteiger partial charge < -0.3 is 9.80 Å². The number of carbonyl (C=O) groups is 1. The largest absolute Gasteiger partial charge is 0.352 e. The summed E-state index contributed by atoms with van der Waals surface area (Å²) in [4.78, 5) is 11.2. The molecule has 0 aromatic heterocycles. The smallest absolute Gasteiger partial charge is 0.246 e. The second-order valence-corrected chi connectivity index (χ2v) is 5.30. The molecular formula is C12H25N2OS+. The van der Waals surface area contributed by atoms with E-state index in [0.29, 0.717) is 5.57 Å². The third-order valence-corrected chi connectivity index (χ3v) is 2.85. The van der Waals surface area contributed by atoms with Gasteiger partial charge in [-0.05, 0) is 12.7 Å². The number of nitrogens with one attached hydrogen (secondary N) is 1. The molecule has 0 radical (unpaired) electrons. The maximum atomic E-state index is 11.2. The van der Waals surface area contributed by atoms with E-state index in [-0.39, 0.29) is 5.91 Å². The Morgan fingerprint density at radius 3 is 2.38 bits per heavy atom. The molecule has 16 heavy (non-hydrogen) atoms. The van der Waals surface area contributed by atoms with Gasteiger partial charge in [0.2, 0.25) is 5.91 Å². The lowest BCUT2D eigenvalue weighted by Gasteiger charge is -2.29. The lowest BCUT2D eigenvalue weighted by Crippen LogP contribution is -2.42. The van der Waals surface area contributed by atoms with E-state index in [4.69, 9.17) is 0 Å². The van der Waals surface area contributed by atoms with Crippen molar-refractivity contribution in [3.05, 3.63) is 12.2 Å². The molecule has 0 saturated heterocycles. The highest BCUT2D eigenvalue weighted by Crippen LogP contribution is 2.01. The minimum atomic E-state index is -0.0411. The Kier molecular flexibility index (Phi) is 7.51. The van der Waals surface area contributed by atoms with Crippen LogP contribution in [0.1, 0.15) is 19.8 Å². The topological polar surface area (TPSA) is 29.1 Å². The summed E-state index contributed by atoms with van der Waals surface area (Å²) in [7, 11) is 4.42. The van der Waals surface area contributed by atoms with Gasteiger partial charge in [-0.1, -0.05) is 6.58 Å². The number of hydrogen-bond acceptors (Lipinski definition) is 2. The highest BCUT2D eigenvalue weighted by Gasteiger charge is 2.13. The van der Waals surface area contributed by atoms with Crippen LogP contribution in [0.25, 0.3) is 0 Å². The first-order valence-electron chi connectivity index (χ1n) is 5.75. The first kappa shape index (κ1) is 15.5. The first-order valence-corrected chi connectivity index (χ1v) is 6.39. The molecule has 94 valence electrons. The highest BCUT2D eigenvalue weighted by molar-refractivity contribution is 7.80. The van der Waals surface area contributed by atoms with E-state index in [9.17, 15) is 4.79 Å². The quantitative estimate of drug-likeness (QED) is 0.288. The molecule has 0 saturated carbocycles. The van der Waals surface area contributed by atoms with Crippen molar-refractivity contribution in [1.29, 1.82) is 0 Å². The third-order valence-electron chi connectivity index (χ3n) is 2.53. The van der Waals surface area contributed by atoms with Crippen LogP contribution in [0.3, 0.4) is 0 Å². The van der Waals surface area contributed by atoms with Gasteiger partial charge in [0.05, 0.1) is 27.2 Å². The fraction of sp³-hybridized carbons (Fsp3) is 0.750. The number of rotatable bonds is 8. The van der Waals surface area contributed by atoms with Crippen LogP contribution in [0, 0.1) is 0 Å². The number of hydrogen-bond donors (Lipinski definition) is 2. The van der Waals surface area contributed by atoms with Gasteiger partial charge in [-0.2, -0.15) is 12.6 Å². The molecule has 3 nitrogen and oxygen atoms in total. The minimum absolute atomic E-state index is 0.0411. The minimum Gasteiger partial charge on any atom is -0.352 e. The average Bonchev–Trinajstić information content (AvgIpc) is 2.21. The van der Waals surface area contributed by atoms with Gasteiger partial charge in [0, 0.05) is 25.0 Å². The van der Waals surface area contributed by atoms with Crippen LogP contribution in [-0.2, 0) is 4.79 Å². The predicted molar refractivity (Wildman–Crippen MR) is 72.8 cm³/mol. The Labute approximate surface area is 105 Å². The number of carbonyl (C=O) groups excluding carboxylic acids is 1. The zero-order chi connectivity index (χ0) is 12.6. The van der Waals surface area contributed by atoms with Crippen LogP contribution < -0.4 is 5.32 Å². The van der Waals surface area contributed by atoms with Gasteiger partial charge in [-0.3, -0.25) is 4.79 Å². The molecule has 0 spiro atoms. The molecule has 1 amide bonds. The first-order chi connectivity index (χ1) is 7.39. The molecule has 0 aromatic carbocycles. The van der Waals surface area contributed by atoms with Gasteiger partial charge in [0.1, 0.15) is 0 Å². The summed E-state index contributed by atoms with van der Waals surface area (Å²) in [5.41, 5.74) is 0.573. The van der Waals surface area contributed by atoms with Crippen molar-refractivity contribution < 1.29 is 9.28 Å². The van der Waals surface area contributed by atoms with Gasteiger partial charge in [0.25, 0.3) is 0 Å². The predicted octanol–water partition coefficient (Wildman–Crippen LogP) is 1.47. The van der Waals surface area contributed by atoms with Crippen LogP contribution >= 0.6 is 12.6 Å². The summed E-state index contributed by atoms with van der Waals surface area (Å²) < 4.78 is 0.990. The maximum Gasteiger partial charge on any atom is 0.246 e. The van der Waals surface area contributed by atoms with E-state index in [2.05, 4.69) is 38.6 Å². The Balaban J connectivity index is 3.64. The fourth-order valence-electron chi connectivity index (χ4n) is 1.47. The Morgan fingerprint density at radius 1 is 1.31 bits per heavy atom. The Hall–Kier alpha value is -0.480. The zero-order valence-corrected chi connectivity index (χ0v) is 11.6. The van der Waals surface area contributed by atoms with Gasteiger partial charge in [-0.15, -0.1) is 0 Å². The second-order valence-electron chi connectivity index (χ2n) is 4.85. The van der Waals surface area contributed by atoms with E-state index in [0.717, 1.165) is 42.7 Å². The Bertz CT molecular complexity index is 239. The van der Waals surface area contributed by atoms with Crippen LogP contribution in [0.4, 0.5) is 0 Å². The van der Waals surface area contributed by atoms with Crippen molar-refractivity contribution in [1.82, 2.24) is 5.32 Å². The summed E-state index contributed by atoms with van der Waals surface area (Å²) >= 11 is 4.21. The fourth-order valence-corrected chi connectivity index (χ4v) is 1.61. The number of quaternary nitrogens is 1. The molecule has 0 aliphatic carbocycles. The summed E-state index contributed by atoms with van der Waals surface area (Å²) in [6.45, 7) is 8.26. The molecule has 4 heteroatoms. The lowest BCUT2D eigenvalue weighted by molar-refractivity contribution is -0.890. The van der Waals surface area contributed by atoms with Gasteiger partial charge in [-0.25, -0.2) is 0 Å². The van der Waals surface area contributed by atoms with Crippen LogP contribution in [-0.4, -0.2) is 49.9 Å². The van der Waals surface area contributed by atoms with Crippen molar-refractivity contribution in [2.45, 2.75) is 19.8 Å². The molecule has 0 unspecified atom stereocenters. The van der Waals surface area contributed by atoms with E-state index in [1.54, 1.807) is 6.92 Å². The van der Waals surface area contributed by atoms with Crippen LogP contribution in [0.5, 0.6) is 0 Å². The van der Waals surface area contributed by atoms with Crippen molar-refractivity contribution in [2.75, 3.05) is 39.5 Å². The van der Waals surface area contributed by atoms with Crippen LogP contribution in [0.15, 0.2) is 12.2 Å². The molecule has 1 N–H and O–H groups in total. The SMILES string of the molecule is C=C(C)C(=O)NCCC[N+](C)(C)CCCS. The van der Waals surface area contributed by atoms with E-state index < -0.39 is 0 Å². The lowest BCUT2D eigenvalue weighted by atomic mass is 10.3. The van der Waals surface area contributed by atoms with Crippen LogP contribution in [0.2, 0.25) is 0 Å². The molecule has 0 aliphatic heterocycles. The van der Waals surface area contributed by atoms with Crippen molar-refractivity contribution in [2.24, 2.45) is 0 Å². The number of thiol groups is 1. The van der Waals surface area contributed by atoms with E-state index in [1.165, 1.54) is 0 Å². The van der Waals surface area contributed by atoms with E-state index >= 15 is 0 Å². The second kappa shape index (κ2) is 7.74. The number of amides is 1. The summed E-state index contributed by atoms with van der Waals surface area (Å²) in [6, 6.07) is 0. The van der Waals surface area contributed by atoms with Crippen molar-refractivity contribution in [3.63, 3.8) is 0 Å². The monoisotopic (exact) mass is 245 g/mol. The van der Waals surface area contributed by atoms with Crippen molar-refractivity contribution >= 4 is 18.5 Å². The molecule has 0 aliphatic rings. The maximum absolute atomic E-state index is 11.2. The summed E-state index contributed by atoms with van der Waals surface area (Å²) in [5, 5.41) is 2.85. The molecule has 0 bridgehead atoms. The molecule has 0 aromatic rings. The average molecular weight is 245 g/mol. The van der Waals surface area contributed by atoms with Crippen molar-refractivity contribution in [3.8, 4) is 0 Å². The van der Waals surface area contributed by atoms with Gasteiger partial charge in [0.15, 0.2) is 0 Å². The van der Waals surface area contributed by atoms with Gasteiger partial charge >= 0.3 is 0 Å².